The molecule has 0 saturated carbocycles. The summed E-state index contributed by atoms with van der Waals surface area (Å²) in [5.74, 6) is 0. The van der Waals surface area contributed by atoms with Gasteiger partial charge in [0.2, 0.25) is 0 Å². The van der Waals surface area contributed by atoms with Crippen molar-refractivity contribution in [1.29, 1.82) is 0 Å². The zero-order valence-electron chi connectivity index (χ0n) is 21.3. The van der Waals surface area contributed by atoms with Gasteiger partial charge in [0.15, 0.2) is 0 Å². The Balaban J connectivity index is 1.77. The summed E-state index contributed by atoms with van der Waals surface area (Å²) in [6.45, 7) is 5.33. The van der Waals surface area contributed by atoms with Crippen LogP contribution in [0.3, 0.4) is 0 Å². The van der Waals surface area contributed by atoms with E-state index in [9.17, 15) is 0 Å². The topological polar surface area (TPSA) is 0 Å². The molecule has 0 N–H and O–H groups in total. The summed E-state index contributed by atoms with van der Waals surface area (Å²) < 4.78 is 4.75. The van der Waals surface area contributed by atoms with Gasteiger partial charge in [-0.1, -0.05) is 0 Å². The summed E-state index contributed by atoms with van der Waals surface area (Å²) >= 11 is -3.70. The molecule has 4 aromatic rings. The predicted octanol–water partition coefficient (Wildman–Crippen LogP) is 8.94. The van der Waals surface area contributed by atoms with Crippen LogP contribution in [0.5, 0.6) is 0 Å². The Morgan fingerprint density at radius 2 is 1.11 bits per heavy atom. The third-order valence-corrected chi connectivity index (χ3v) is 37.4. The minimum atomic E-state index is -3.70. The van der Waals surface area contributed by atoms with E-state index in [4.69, 9.17) is 0 Å². The SMILES string of the molecule is C[Si](C)=[Ti]([CH2]c1ccccc1)([CH2]c1ccccc1)([C]1=CC=CC1)[CH]1c2ccccc2-c2ccccc21. The first kappa shape index (κ1) is 23.7. The van der Waals surface area contributed by atoms with Crippen molar-refractivity contribution in [1.82, 2.24) is 0 Å². The molecule has 0 atom stereocenters. The fourth-order valence-corrected chi connectivity index (χ4v) is 32.9. The van der Waals surface area contributed by atoms with Gasteiger partial charge in [-0.3, -0.25) is 0 Å². The van der Waals surface area contributed by atoms with Gasteiger partial charge in [0.05, 0.1) is 0 Å². The van der Waals surface area contributed by atoms with Gasteiger partial charge in [0.25, 0.3) is 0 Å². The van der Waals surface area contributed by atoms with Crippen molar-refractivity contribution in [2.45, 2.75) is 33.2 Å². The normalized spacial score (nSPS) is 14.9. The van der Waals surface area contributed by atoms with Crippen LogP contribution >= 0.6 is 0 Å². The second-order valence-electron chi connectivity index (χ2n) is 11.0. The van der Waals surface area contributed by atoms with E-state index >= 15 is 0 Å². The first-order valence-electron chi connectivity index (χ1n) is 13.2. The predicted molar refractivity (Wildman–Crippen MR) is 153 cm³/mol. The van der Waals surface area contributed by atoms with E-state index in [2.05, 4.69) is 141 Å². The van der Waals surface area contributed by atoms with E-state index in [1.165, 1.54) is 31.7 Å². The second-order valence-corrected chi connectivity index (χ2v) is 31.4. The molecule has 36 heavy (non-hydrogen) atoms. The van der Waals surface area contributed by atoms with Crippen LogP contribution in [-0.2, 0) is 23.5 Å². The van der Waals surface area contributed by atoms with Crippen LogP contribution in [0.25, 0.3) is 11.1 Å². The van der Waals surface area contributed by atoms with Gasteiger partial charge in [0.1, 0.15) is 0 Å². The van der Waals surface area contributed by atoms with Crippen molar-refractivity contribution < 1.29 is 14.0 Å². The molecule has 178 valence electrons. The quantitative estimate of drug-likeness (QED) is 0.224. The van der Waals surface area contributed by atoms with Crippen LogP contribution in [0.2, 0.25) is 13.1 Å². The van der Waals surface area contributed by atoms with Gasteiger partial charge < -0.3 is 0 Å². The Morgan fingerprint density at radius 3 is 1.56 bits per heavy atom. The third-order valence-electron chi connectivity index (χ3n) is 9.25. The molecular weight excluding hydrogens is 484 g/mol. The van der Waals surface area contributed by atoms with Crippen LogP contribution in [0.1, 0.15) is 32.9 Å². The molecule has 0 fully saturated rings. The molecule has 2 heteroatoms. The molecule has 0 spiro atoms. The van der Waals surface area contributed by atoms with E-state index in [0.29, 0.717) is 4.22 Å². The van der Waals surface area contributed by atoms with Gasteiger partial charge in [-0.05, 0) is 0 Å². The first-order valence-corrected chi connectivity index (χ1v) is 22.0. The van der Waals surface area contributed by atoms with Crippen LogP contribution in [0.4, 0.5) is 0 Å². The molecule has 0 bridgehead atoms. The van der Waals surface area contributed by atoms with Gasteiger partial charge in [-0.25, -0.2) is 0 Å². The molecule has 2 aliphatic carbocycles. The first-order chi connectivity index (χ1) is 17.6. The molecular formula is C34H34SiTi. The van der Waals surface area contributed by atoms with Crippen molar-refractivity contribution in [3.05, 3.63) is 154 Å². The van der Waals surface area contributed by atoms with Crippen molar-refractivity contribution in [2.75, 3.05) is 0 Å². The van der Waals surface area contributed by atoms with E-state index in [1.54, 1.807) is 15.0 Å². The Hall–Kier alpha value is -2.71. The van der Waals surface area contributed by atoms with E-state index in [0.717, 1.165) is 6.42 Å². The molecule has 0 radical (unpaired) electrons. The summed E-state index contributed by atoms with van der Waals surface area (Å²) in [7, 11) is 0. The molecule has 0 amide bonds. The molecule has 0 saturated heterocycles. The number of allylic oxidation sites excluding steroid dienone is 4. The number of rotatable bonds is 6. The molecule has 0 aliphatic heterocycles. The Labute approximate surface area is 217 Å². The number of hydrogen-bond donors (Lipinski definition) is 0. The number of hydrogen-bond acceptors (Lipinski definition) is 0. The van der Waals surface area contributed by atoms with Gasteiger partial charge in [-0.2, -0.15) is 0 Å². The molecule has 0 heterocycles. The summed E-state index contributed by atoms with van der Waals surface area (Å²) in [5.41, 5.74) is 9.13. The zero-order valence-corrected chi connectivity index (χ0v) is 23.9. The van der Waals surface area contributed by atoms with E-state index in [1.807, 2.05) is 0 Å². The average Bonchev–Trinajstić information content (AvgIpc) is 3.57. The van der Waals surface area contributed by atoms with Crippen LogP contribution in [-0.4, -0.2) is 6.19 Å². The van der Waals surface area contributed by atoms with Crippen molar-refractivity contribution in [3.8, 4) is 11.1 Å². The van der Waals surface area contributed by atoms with E-state index in [-0.39, 0.29) is 0 Å². The zero-order chi connectivity index (χ0) is 24.6. The summed E-state index contributed by atoms with van der Waals surface area (Å²) in [6, 6.07) is 41.6. The summed E-state index contributed by atoms with van der Waals surface area (Å²) in [6.07, 6.45) is 7.70. The van der Waals surface area contributed by atoms with Gasteiger partial charge >= 0.3 is 218 Å². The summed E-state index contributed by atoms with van der Waals surface area (Å²) in [4.78, 5) is 0. The molecule has 2 aliphatic rings. The van der Waals surface area contributed by atoms with Crippen molar-refractivity contribution in [3.63, 3.8) is 0 Å². The molecule has 6 rings (SSSR count). The fourth-order valence-electron chi connectivity index (χ4n) is 7.58. The van der Waals surface area contributed by atoms with Crippen LogP contribution in [0, 0.1) is 0 Å². The van der Waals surface area contributed by atoms with Crippen LogP contribution in [0.15, 0.2) is 131 Å². The van der Waals surface area contributed by atoms with Crippen LogP contribution < -0.4 is 0 Å². The maximum absolute atomic E-state index is 3.70. The Bertz CT molecular complexity index is 1460. The molecule has 0 nitrogen and oxygen atoms in total. The minimum absolute atomic E-state index is 0.491. The maximum atomic E-state index is 2.66. The molecule has 0 aromatic heterocycles. The monoisotopic (exact) mass is 518 g/mol. The summed E-state index contributed by atoms with van der Waals surface area (Å²) in [5, 5.41) is 0. The van der Waals surface area contributed by atoms with Crippen molar-refractivity contribution in [2.24, 2.45) is 0 Å². The average molecular weight is 519 g/mol. The van der Waals surface area contributed by atoms with Gasteiger partial charge in [-0.15, -0.1) is 0 Å². The number of fused-ring (bicyclic) bond motifs is 3. The third kappa shape index (κ3) is 3.52. The Morgan fingerprint density at radius 1 is 0.639 bits per heavy atom. The van der Waals surface area contributed by atoms with Crippen molar-refractivity contribution >= 4 is 6.19 Å². The van der Waals surface area contributed by atoms with E-state index < -0.39 is 20.2 Å². The number of benzene rings is 4. The van der Waals surface area contributed by atoms with Gasteiger partial charge in [0, 0.05) is 0 Å². The Kier molecular flexibility index (Phi) is 6.12. The second kappa shape index (κ2) is 9.31. The molecule has 0 unspecified atom stereocenters. The standard InChI is InChI=1S/C13H9.2C7H7.C5H5.C2H6Si.Ti/c1-3-7-12-10(5-1)9-11-6-2-4-8-13(11)12;2*1-7-5-3-2-4-6-7;1-2-4-5-3-1;1-3-2;/h1-9H;2*2-6H,1H2;1-3H,4H2;1-2H3;. The molecule has 4 aromatic carbocycles. The fraction of sp³-hybridized carbons (Fsp3) is 0.176.